The van der Waals surface area contributed by atoms with Gasteiger partial charge >= 0.3 is 5.97 Å². The molecule has 1 aromatic carbocycles. The zero-order chi connectivity index (χ0) is 14.6. The van der Waals surface area contributed by atoms with Crippen LogP contribution in [0, 0.1) is 0 Å². The van der Waals surface area contributed by atoms with Crippen molar-refractivity contribution in [3.05, 3.63) is 21.6 Å². The lowest BCUT2D eigenvalue weighted by Crippen LogP contribution is -2.26. The highest BCUT2D eigenvalue weighted by molar-refractivity contribution is 9.10. The molecule has 19 heavy (non-hydrogen) atoms. The molecule has 106 valence electrons. The summed E-state index contributed by atoms with van der Waals surface area (Å²) in [4.78, 5) is 10.3. The molecule has 0 saturated heterocycles. The van der Waals surface area contributed by atoms with E-state index in [-0.39, 0.29) is 27.4 Å². The van der Waals surface area contributed by atoms with E-state index in [2.05, 4.69) is 20.7 Å². The molecule has 0 heterocycles. The first-order valence-electron chi connectivity index (χ1n) is 5.02. The van der Waals surface area contributed by atoms with Crippen molar-refractivity contribution in [1.29, 1.82) is 0 Å². The van der Waals surface area contributed by atoms with Crippen LogP contribution < -0.4 is 9.46 Å². The standard InChI is InChI=1S/C10H11BrClNO5S/c1-18-8-4-6(11)9(5-7(8)12)19(16,17)13-3-2-10(14)15/h4-5,13H,2-3H2,1H3,(H,14,15). The second kappa shape index (κ2) is 6.56. The van der Waals surface area contributed by atoms with Crippen LogP contribution in [0.15, 0.2) is 21.5 Å². The average molecular weight is 373 g/mol. The van der Waals surface area contributed by atoms with Crippen molar-refractivity contribution in [2.24, 2.45) is 0 Å². The molecule has 0 aromatic heterocycles. The fraction of sp³-hybridized carbons (Fsp3) is 0.300. The fourth-order valence-corrected chi connectivity index (χ4v) is 3.62. The lowest BCUT2D eigenvalue weighted by atomic mass is 10.3. The van der Waals surface area contributed by atoms with Gasteiger partial charge in [0.05, 0.1) is 23.4 Å². The molecule has 2 N–H and O–H groups in total. The minimum Gasteiger partial charge on any atom is -0.495 e. The molecule has 0 aliphatic carbocycles. The summed E-state index contributed by atoms with van der Waals surface area (Å²) < 4.78 is 31.3. The molecular weight excluding hydrogens is 362 g/mol. The minimum atomic E-state index is -3.83. The molecule has 0 aliphatic heterocycles. The number of methoxy groups -OCH3 is 1. The number of benzene rings is 1. The molecule has 0 saturated carbocycles. The number of ether oxygens (including phenoxy) is 1. The number of aliphatic carboxylic acids is 1. The maximum Gasteiger partial charge on any atom is 0.304 e. The summed E-state index contributed by atoms with van der Waals surface area (Å²) in [6.07, 6.45) is -0.305. The molecule has 0 bridgehead atoms. The van der Waals surface area contributed by atoms with Crippen molar-refractivity contribution in [3.63, 3.8) is 0 Å². The second-order valence-corrected chi connectivity index (χ2v) is 6.46. The molecule has 0 aliphatic rings. The van der Waals surface area contributed by atoms with Crippen molar-refractivity contribution in [2.45, 2.75) is 11.3 Å². The molecule has 0 fully saturated rings. The topological polar surface area (TPSA) is 92.7 Å². The molecule has 1 aromatic rings. The first-order chi connectivity index (χ1) is 8.77. The van der Waals surface area contributed by atoms with Crippen LogP contribution in [0.3, 0.4) is 0 Å². The number of sulfonamides is 1. The Morgan fingerprint density at radius 3 is 2.68 bits per heavy atom. The van der Waals surface area contributed by atoms with E-state index in [1.165, 1.54) is 19.2 Å². The van der Waals surface area contributed by atoms with Gasteiger partial charge in [0.15, 0.2) is 0 Å². The fourth-order valence-electron chi connectivity index (χ4n) is 1.24. The lowest BCUT2D eigenvalue weighted by molar-refractivity contribution is -0.136. The summed E-state index contributed by atoms with van der Waals surface area (Å²) in [5.41, 5.74) is 0. The number of halogens is 2. The monoisotopic (exact) mass is 371 g/mol. The van der Waals surface area contributed by atoms with E-state index in [1.807, 2.05) is 0 Å². The van der Waals surface area contributed by atoms with E-state index in [0.717, 1.165) is 0 Å². The number of nitrogens with one attached hydrogen (secondary N) is 1. The van der Waals surface area contributed by atoms with Gasteiger partial charge in [-0.2, -0.15) is 0 Å². The Bertz CT molecular complexity index is 590. The van der Waals surface area contributed by atoms with Crippen LogP contribution in [0.25, 0.3) is 0 Å². The van der Waals surface area contributed by atoms with Crippen LogP contribution in [0.2, 0.25) is 5.02 Å². The van der Waals surface area contributed by atoms with E-state index in [4.69, 9.17) is 21.4 Å². The van der Waals surface area contributed by atoms with Gasteiger partial charge in [-0.25, -0.2) is 13.1 Å². The molecule has 1 rings (SSSR count). The van der Waals surface area contributed by atoms with Crippen LogP contribution in [0.1, 0.15) is 6.42 Å². The van der Waals surface area contributed by atoms with E-state index in [0.29, 0.717) is 5.75 Å². The van der Waals surface area contributed by atoms with E-state index in [1.54, 1.807) is 0 Å². The highest BCUT2D eigenvalue weighted by Gasteiger charge is 2.20. The quantitative estimate of drug-likeness (QED) is 0.795. The predicted octanol–water partition coefficient (Wildman–Crippen LogP) is 1.86. The average Bonchev–Trinajstić information content (AvgIpc) is 2.30. The van der Waals surface area contributed by atoms with E-state index >= 15 is 0 Å². The Labute approximate surface area is 123 Å². The number of hydrogen-bond donors (Lipinski definition) is 2. The second-order valence-electron chi connectivity index (χ2n) is 3.46. The summed E-state index contributed by atoms with van der Waals surface area (Å²) in [7, 11) is -2.42. The van der Waals surface area contributed by atoms with Crippen molar-refractivity contribution in [1.82, 2.24) is 4.72 Å². The number of carbonyl (C=O) groups is 1. The number of hydrogen-bond acceptors (Lipinski definition) is 4. The third-order valence-corrected chi connectivity index (χ3v) is 4.84. The summed E-state index contributed by atoms with van der Waals surface area (Å²) in [5, 5.41) is 8.61. The number of carboxylic acid groups (broad SMARTS) is 1. The van der Waals surface area contributed by atoms with Gasteiger partial charge in [-0.05, 0) is 28.1 Å². The molecule has 0 atom stereocenters. The zero-order valence-electron chi connectivity index (χ0n) is 9.81. The van der Waals surface area contributed by atoms with Gasteiger partial charge < -0.3 is 9.84 Å². The summed E-state index contributed by atoms with van der Waals surface area (Å²) in [5.74, 6) is -0.757. The number of carboxylic acids is 1. The highest BCUT2D eigenvalue weighted by Crippen LogP contribution is 2.33. The smallest absolute Gasteiger partial charge is 0.304 e. The van der Waals surface area contributed by atoms with E-state index in [9.17, 15) is 13.2 Å². The van der Waals surface area contributed by atoms with Gasteiger partial charge in [0.1, 0.15) is 5.75 Å². The van der Waals surface area contributed by atoms with Gasteiger partial charge in [0, 0.05) is 11.0 Å². The molecular formula is C10H11BrClNO5S. The van der Waals surface area contributed by atoms with Crippen LogP contribution in [-0.4, -0.2) is 33.1 Å². The molecule has 0 radical (unpaired) electrons. The molecule has 6 nitrogen and oxygen atoms in total. The Morgan fingerprint density at radius 1 is 1.53 bits per heavy atom. The zero-order valence-corrected chi connectivity index (χ0v) is 13.0. The van der Waals surface area contributed by atoms with Crippen LogP contribution in [0.5, 0.6) is 5.75 Å². The molecule has 9 heteroatoms. The maximum atomic E-state index is 12.0. The van der Waals surface area contributed by atoms with Crippen LogP contribution in [0.4, 0.5) is 0 Å². The summed E-state index contributed by atoms with van der Waals surface area (Å²) in [6.45, 7) is -0.201. The van der Waals surface area contributed by atoms with Crippen LogP contribution in [-0.2, 0) is 14.8 Å². The largest absolute Gasteiger partial charge is 0.495 e. The van der Waals surface area contributed by atoms with Gasteiger partial charge in [0.25, 0.3) is 0 Å². The Balaban J connectivity index is 3.01. The molecule has 0 spiro atoms. The SMILES string of the molecule is COc1cc(Br)c(S(=O)(=O)NCCC(=O)O)cc1Cl. The van der Waals surface area contributed by atoms with Gasteiger partial charge in [-0.15, -0.1) is 0 Å². The third kappa shape index (κ3) is 4.34. The number of rotatable bonds is 6. The molecule has 0 amide bonds. The summed E-state index contributed by atoms with van der Waals surface area (Å²) >= 11 is 8.96. The Morgan fingerprint density at radius 2 is 2.16 bits per heavy atom. The summed E-state index contributed by atoms with van der Waals surface area (Å²) in [6, 6.07) is 2.65. The predicted molar refractivity (Wildman–Crippen MR) is 73.1 cm³/mol. The normalized spacial score (nSPS) is 11.3. The minimum absolute atomic E-state index is 0.0799. The Hall–Kier alpha value is -0.830. The molecule has 0 unspecified atom stereocenters. The third-order valence-electron chi connectivity index (χ3n) is 2.13. The first-order valence-corrected chi connectivity index (χ1v) is 7.68. The van der Waals surface area contributed by atoms with Crippen molar-refractivity contribution in [3.8, 4) is 5.75 Å². The van der Waals surface area contributed by atoms with Gasteiger partial charge in [-0.1, -0.05) is 11.6 Å². The first kappa shape index (κ1) is 16.2. The highest BCUT2D eigenvalue weighted by atomic mass is 79.9. The van der Waals surface area contributed by atoms with Crippen molar-refractivity contribution >= 4 is 43.5 Å². The van der Waals surface area contributed by atoms with E-state index < -0.39 is 16.0 Å². The van der Waals surface area contributed by atoms with Crippen molar-refractivity contribution in [2.75, 3.05) is 13.7 Å². The maximum absolute atomic E-state index is 12.0. The van der Waals surface area contributed by atoms with Crippen molar-refractivity contribution < 1.29 is 23.1 Å². The van der Waals surface area contributed by atoms with Crippen LogP contribution >= 0.6 is 27.5 Å². The Kier molecular flexibility index (Phi) is 5.60. The lowest BCUT2D eigenvalue weighted by Gasteiger charge is -2.10. The van der Waals surface area contributed by atoms with Gasteiger partial charge in [0.2, 0.25) is 10.0 Å². The van der Waals surface area contributed by atoms with Gasteiger partial charge in [-0.3, -0.25) is 4.79 Å².